The van der Waals surface area contributed by atoms with Gasteiger partial charge in [-0.3, -0.25) is 0 Å². The number of thioether (sulfide) groups is 1. The first kappa shape index (κ1) is 12.6. The molecule has 0 radical (unpaired) electrons. The molecular formula is C13H21NS. The molecule has 0 saturated carbocycles. The first-order valence-corrected chi connectivity index (χ1v) is 6.53. The van der Waals surface area contributed by atoms with E-state index in [1.165, 1.54) is 17.5 Å². The molecule has 1 aromatic carbocycles. The van der Waals surface area contributed by atoms with Crippen molar-refractivity contribution in [1.82, 2.24) is 0 Å². The van der Waals surface area contributed by atoms with Crippen LogP contribution in [0.4, 0.5) is 0 Å². The van der Waals surface area contributed by atoms with E-state index in [9.17, 15) is 0 Å². The molecule has 0 aliphatic rings. The van der Waals surface area contributed by atoms with Gasteiger partial charge in [-0.2, -0.15) is 0 Å². The summed E-state index contributed by atoms with van der Waals surface area (Å²) in [7, 11) is 0. The third kappa shape index (κ3) is 3.88. The van der Waals surface area contributed by atoms with Gasteiger partial charge in [0.05, 0.1) is 0 Å². The molecule has 1 rings (SSSR count). The Kier molecular flexibility index (Phi) is 5.20. The van der Waals surface area contributed by atoms with Gasteiger partial charge in [0.1, 0.15) is 0 Å². The zero-order valence-electron chi connectivity index (χ0n) is 9.86. The Labute approximate surface area is 97.4 Å². The van der Waals surface area contributed by atoms with Crippen molar-refractivity contribution in [2.75, 3.05) is 6.54 Å². The average molecular weight is 223 g/mol. The summed E-state index contributed by atoms with van der Waals surface area (Å²) in [6.07, 6.45) is 1.20. The number of benzene rings is 1. The molecular weight excluding hydrogens is 202 g/mol. The first-order chi connectivity index (χ1) is 7.17. The van der Waals surface area contributed by atoms with E-state index in [0.717, 1.165) is 6.54 Å². The van der Waals surface area contributed by atoms with Gasteiger partial charge in [0.2, 0.25) is 0 Å². The highest BCUT2D eigenvalue weighted by Gasteiger charge is 2.13. The summed E-state index contributed by atoms with van der Waals surface area (Å²) >= 11 is 1.98. The van der Waals surface area contributed by atoms with Crippen LogP contribution >= 0.6 is 11.8 Å². The van der Waals surface area contributed by atoms with Gasteiger partial charge in [0.25, 0.3) is 0 Å². The van der Waals surface area contributed by atoms with Gasteiger partial charge in [0, 0.05) is 17.0 Å². The maximum atomic E-state index is 5.84. The van der Waals surface area contributed by atoms with E-state index in [1.54, 1.807) is 0 Å². The summed E-state index contributed by atoms with van der Waals surface area (Å²) in [5, 5.41) is 1.12. The van der Waals surface area contributed by atoms with Crippen molar-refractivity contribution in [3.63, 3.8) is 0 Å². The van der Waals surface area contributed by atoms with Crippen LogP contribution in [0.15, 0.2) is 24.3 Å². The minimum absolute atomic E-state index is 0.444. The Bertz CT molecular complexity index is 298. The van der Waals surface area contributed by atoms with Crippen molar-refractivity contribution in [3.8, 4) is 0 Å². The van der Waals surface area contributed by atoms with Crippen molar-refractivity contribution in [2.24, 2.45) is 5.73 Å². The molecule has 0 aromatic heterocycles. The molecule has 2 unspecified atom stereocenters. The monoisotopic (exact) mass is 223 g/mol. The summed E-state index contributed by atoms with van der Waals surface area (Å²) in [6.45, 7) is 7.34. The second-order valence-electron chi connectivity index (χ2n) is 3.99. The number of aryl methyl sites for hydroxylation is 1. The van der Waals surface area contributed by atoms with E-state index in [0.29, 0.717) is 10.5 Å². The van der Waals surface area contributed by atoms with Gasteiger partial charge >= 0.3 is 0 Å². The normalized spacial score (nSPS) is 14.9. The molecule has 0 amide bonds. The lowest BCUT2D eigenvalue weighted by atomic mass is 10.1. The summed E-state index contributed by atoms with van der Waals surface area (Å²) in [4.78, 5) is 0. The van der Waals surface area contributed by atoms with Gasteiger partial charge < -0.3 is 5.73 Å². The molecule has 0 aliphatic carbocycles. The predicted molar refractivity (Wildman–Crippen MR) is 70.3 cm³/mol. The molecule has 0 aliphatic heterocycles. The van der Waals surface area contributed by atoms with Crippen LogP contribution < -0.4 is 5.73 Å². The second-order valence-corrected chi connectivity index (χ2v) is 5.64. The number of hydrogen-bond acceptors (Lipinski definition) is 2. The minimum atomic E-state index is 0.444. The molecule has 0 fully saturated rings. The van der Waals surface area contributed by atoms with Crippen LogP contribution in [0.3, 0.4) is 0 Å². The fourth-order valence-electron chi connectivity index (χ4n) is 1.52. The van der Waals surface area contributed by atoms with Crippen LogP contribution in [0.1, 0.15) is 36.6 Å². The highest BCUT2D eigenvalue weighted by molar-refractivity contribution is 8.00. The first-order valence-electron chi connectivity index (χ1n) is 5.59. The van der Waals surface area contributed by atoms with Crippen LogP contribution in [0.25, 0.3) is 0 Å². The molecule has 1 nitrogen and oxygen atoms in total. The fraction of sp³-hybridized carbons (Fsp3) is 0.538. The Morgan fingerprint density at radius 3 is 2.67 bits per heavy atom. The fourth-order valence-corrected chi connectivity index (χ4v) is 2.69. The van der Waals surface area contributed by atoms with Gasteiger partial charge in [-0.15, -0.1) is 11.8 Å². The molecule has 0 spiro atoms. The van der Waals surface area contributed by atoms with Crippen LogP contribution in [-0.2, 0) is 0 Å². The lowest BCUT2D eigenvalue weighted by molar-refractivity contribution is 0.874. The summed E-state index contributed by atoms with van der Waals surface area (Å²) < 4.78 is 0. The second kappa shape index (κ2) is 6.19. The van der Waals surface area contributed by atoms with Gasteiger partial charge in [0.15, 0.2) is 0 Å². The Balaban J connectivity index is 2.73. The van der Waals surface area contributed by atoms with Crippen LogP contribution in [0.2, 0.25) is 0 Å². The summed E-state index contributed by atoms with van der Waals surface area (Å²) in [5.41, 5.74) is 8.52. The molecule has 1 aromatic rings. The molecule has 84 valence electrons. The van der Waals surface area contributed by atoms with Crippen molar-refractivity contribution in [2.45, 2.75) is 37.7 Å². The third-order valence-corrected chi connectivity index (χ3v) is 4.19. The van der Waals surface area contributed by atoms with Crippen LogP contribution in [0, 0.1) is 6.92 Å². The maximum Gasteiger partial charge on any atom is 0.0422 e. The van der Waals surface area contributed by atoms with Crippen molar-refractivity contribution < 1.29 is 0 Å². The van der Waals surface area contributed by atoms with Crippen molar-refractivity contribution >= 4 is 11.8 Å². The molecule has 2 heteroatoms. The zero-order chi connectivity index (χ0) is 11.3. The lowest BCUT2D eigenvalue weighted by Gasteiger charge is -2.19. The Morgan fingerprint density at radius 2 is 2.13 bits per heavy atom. The molecule has 15 heavy (non-hydrogen) atoms. The van der Waals surface area contributed by atoms with Crippen molar-refractivity contribution in [1.29, 1.82) is 0 Å². The van der Waals surface area contributed by atoms with E-state index in [-0.39, 0.29) is 0 Å². The standard InChI is InChI=1S/C13H21NS/c1-4-11(3)15-13(9-14)12-7-5-6-10(2)8-12/h5-8,11,13H,4,9,14H2,1-3H3. The molecule has 0 heterocycles. The zero-order valence-corrected chi connectivity index (χ0v) is 10.7. The summed E-state index contributed by atoms with van der Waals surface area (Å²) in [6, 6.07) is 8.67. The Hall–Kier alpha value is -0.470. The molecule has 2 N–H and O–H groups in total. The SMILES string of the molecule is CCC(C)SC(CN)c1cccc(C)c1. The quantitative estimate of drug-likeness (QED) is 0.826. The van der Waals surface area contributed by atoms with Gasteiger partial charge in [-0.05, 0) is 18.9 Å². The number of rotatable bonds is 5. The van der Waals surface area contributed by atoms with E-state index >= 15 is 0 Å². The molecule has 0 saturated heterocycles. The van der Waals surface area contributed by atoms with Crippen molar-refractivity contribution in [3.05, 3.63) is 35.4 Å². The highest BCUT2D eigenvalue weighted by atomic mass is 32.2. The average Bonchev–Trinajstić information content (AvgIpc) is 2.25. The van der Waals surface area contributed by atoms with Gasteiger partial charge in [-0.1, -0.05) is 43.7 Å². The topological polar surface area (TPSA) is 26.0 Å². The van der Waals surface area contributed by atoms with E-state index in [4.69, 9.17) is 5.73 Å². The Morgan fingerprint density at radius 1 is 1.40 bits per heavy atom. The van der Waals surface area contributed by atoms with Gasteiger partial charge in [-0.25, -0.2) is 0 Å². The largest absolute Gasteiger partial charge is 0.329 e. The van der Waals surface area contributed by atoms with E-state index in [2.05, 4.69) is 45.0 Å². The summed E-state index contributed by atoms with van der Waals surface area (Å²) in [5.74, 6) is 0. The van der Waals surface area contributed by atoms with E-state index in [1.807, 2.05) is 11.8 Å². The minimum Gasteiger partial charge on any atom is -0.329 e. The third-order valence-electron chi connectivity index (χ3n) is 2.60. The lowest BCUT2D eigenvalue weighted by Crippen LogP contribution is -2.12. The van der Waals surface area contributed by atoms with E-state index < -0.39 is 0 Å². The van der Waals surface area contributed by atoms with Crippen LogP contribution in [-0.4, -0.2) is 11.8 Å². The van der Waals surface area contributed by atoms with Crippen LogP contribution in [0.5, 0.6) is 0 Å². The number of hydrogen-bond donors (Lipinski definition) is 1. The predicted octanol–water partition coefficient (Wildman–Crippen LogP) is 3.53. The smallest absolute Gasteiger partial charge is 0.0422 e. The number of nitrogens with two attached hydrogens (primary N) is 1. The molecule has 2 atom stereocenters. The maximum absolute atomic E-state index is 5.84. The molecule has 0 bridgehead atoms. The highest BCUT2D eigenvalue weighted by Crippen LogP contribution is 2.32.